The summed E-state index contributed by atoms with van der Waals surface area (Å²) in [6.07, 6.45) is 1.80. The summed E-state index contributed by atoms with van der Waals surface area (Å²) in [5.41, 5.74) is 3.96. The van der Waals surface area contributed by atoms with E-state index in [1.165, 1.54) is 4.90 Å². The summed E-state index contributed by atoms with van der Waals surface area (Å²) in [6.45, 7) is 4.24. The van der Waals surface area contributed by atoms with Crippen molar-refractivity contribution in [3.05, 3.63) is 62.8 Å². The highest BCUT2D eigenvalue weighted by atomic mass is 35.5. The number of carbonyl (C=O) groups is 2. The lowest BCUT2D eigenvalue weighted by Gasteiger charge is -2.12. The first kappa shape index (κ1) is 16.9. The van der Waals surface area contributed by atoms with Crippen LogP contribution in [0.1, 0.15) is 22.5 Å². The minimum Gasteiger partial charge on any atom is -0.352 e. The molecule has 0 bridgehead atoms. The van der Waals surface area contributed by atoms with E-state index >= 15 is 0 Å². The van der Waals surface area contributed by atoms with Crippen LogP contribution in [0.3, 0.4) is 0 Å². The predicted molar refractivity (Wildman–Crippen MR) is 97.9 cm³/mol. The number of rotatable bonds is 3. The Labute approximate surface area is 150 Å². The second-order valence-electron chi connectivity index (χ2n) is 5.78. The Hall–Kier alpha value is -1.98. The van der Waals surface area contributed by atoms with Crippen molar-refractivity contribution in [2.24, 2.45) is 7.05 Å². The maximum atomic E-state index is 12.6. The van der Waals surface area contributed by atoms with Crippen molar-refractivity contribution in [1.29, 1.82) is 0 Å². The van der Waals surface area contributed by atoms with Gasteiger partial charge in [-0.05, 0) is 61.0 Å². The third kappa shape index (κ3) is 3.14. The lowest BCUT2D eigenvalue weighted by molar-refractivity contribution is -0.123. The Morgan fingerprint density at radius 3 is 2.58 bits per heavy atom. The fourth-order valence-electron chi connectivity index (χ4n) is 2.63. The number of carbonyl (C=O) groups excluding carboxylic acids is 2. The van der Waals surface area contributed by atoms with Crippen molar-refractivity contribution in [2.45, 2.75) is 20.4 Å². The summed E-state index contributed by atoms with van der Waals surface area (Å²) in [6, 6.07) is 9.20. The summed E-state index contributed by atoms with van der Waals surface area (Å²) in [7, 11) is 1.98. The molecule has 0 spiro atoms. The molecule has 2 amide bonds. The van der Waals surface area contributed by atoms with Crippen LogP contribution in [-0.2, 0) is 18.4 Å². The smallest absolute Gasteiger partial charge is 0.293 e. The van der Waals surface area contributed by atoms with Gasteiger partial charge in [-0.25, -0.2) is 0 Å². The molecule has 0 aliphatic carbocycles. The van der Waals surface area contributed by atoms with E-state index in [2.05, 4.69) is 4.57 Å². The van der Waals surface area contributed by atoms with E-state index in [-0.39, 0.29) is 17.7 Å². The van der Waals surface area contributed by atoms with Crippen LogP contribution in [0, 0.1) is 13.8 Å². The van der Waals surface area contributed by atoms with Crippen LogP contribution in [0.2, 0.25) is 5.02 Å². The number of thioether (sulfide) groups is 1. The molecule has 2 heterocycles. The van der Waals surface area contributed by atoms with Crippen LogP contribution in [0.4, 0.5) is 4.79 Å². The zero-order valence-corrected chi connectivity index (χ0v) is 15.2. The van der Waals surface area contributed by atoms with Crippen molar-refractivity contribution in [1.82, 2.24) is 9.47 Å². The van der Waals surface area contributed by atoms with Gasteiger partial charge in [-0.1, -0.05) is 23.7 Å². The zero-order valence-electron chi connectivity index (χ0n) is 13.7. The summed E-state index contributed by atoms with van der Waals surface area (Å²) >= 11 is 6.95. The highest BCUT2D eigenvalue weighted by molar-refractivity contribution is 8.18. The molecule has 1 aliphatic rings. The van der Waals surface area contributed by atoms with E-state index in [0.717, 1.165) is 34.3 Å². The van der Waals surface area contributed by atoms with Crippen LogP contribution >= 0.6 is 23.4 Å². The number of aromatic nitrogens is 1. The molecular weight excluding hydrogens is 344 g/mol. The number of amides is 2. The van der Waals surface area contributed by atoms with Gasteiger partial charge in [0.1, 0.15) is 0 Å². The second-order valence-corrected chi connectivity index (χ2v) is 7.21. The molecule has 4 nitrogen and oxygen atoms in total. The van der Waals surface area contributed by atoms with E-state index in [9.17, 15) is 9.59 Å². The third-order valence-corrected chi connectivity index (χ3v) is 5.35. The van der Waals surface area contributed by atoms with E-state index < -0.39 is 0 Å². The molecular formula is C18H17ClN2O2S. The predicted octanol–water partition coefficient (Wildman–Crippen LogP) is 4.53. The molecule has 6 heteroatoms. The van der Waals surface area contributed by atoms with Crippen LogP contribution in [0.15, 0.2) is 35.2 Å². The lowest BCUT2D eigenvalue weighted by atomic mass is 10.2. The first-order valence-corrected chi connectivity index (χ1v) is 8.69. The number of aryl methyl sites for hydroxylation is 1. The minimum absolute atomic E-state index is 0.232. The number of imide groups is 1. The average molecular weight is 361 g/mol. The van der Waals surface area contributed by atoms with Crippen LogP contribution in [-0.4, -0.2) is 20.6 Å². The zero-order chi connectivity index (χ0) is 17.4. The standard InChI is InChI=1S/C18H17ClN2O2S/c1-11-7-14(12(2)20(11)3)9-16-17(22)21(18(23)24-16)10-13-5-4-6-15(19)8-13/h4-9H,10H2,1-3H3/b16-9-. The summed E-state index contributed by atoms with van der Waals surface area (Å²) in [5.74, 6) is -0.258. The molecule has 0 atom stereocenters. The quantitative estimate of drug-likeness (QED) is 0.755. The maximum absolute atomic E-state index is 12.6. The Kier molecular flexibility index (Phi) is 4.56. The van der Waals surface area contributed by atoms with Crippen molar-refractivity contribution >= 4 is 40.6 Å². The molecule has 124 valence electrons. The van der Waals surface area contributed by atoms with Crippen molar-refractivity contribution < 1.29 is 9.59 Å². The SMILES string of the molecule is Cc1cc(/C=C2\SC(=O)N(Cc3cccc(Cl)c3)C2=O)c(C)n1C. The van der Waals surface area contributed by atoms with Crippen LogP contribution in [0.5, 0.6) is 0 Å². The molecule has 1 aromatic carbocycles. The highest BCUT2D eigenvalue weighted by Crippen LogP contribution is 2.34. The number of nitrogens with zero attached hydrogens (tertiary/aromatic N) is 2. The van der Waals surface area contributed by atoms with Crippen molar-refractivity contribution in [2.75, 3.05) is 0 Å². The topological polar surface area (TPSA) is 42.3 Å². The van der Waals surface area contributed by atoms with Gasteiger partial charge in [0.15, 0.2) is 0 Å². The molecule has 0 unspecified atom stereocenters. The summed E-state index contributed by atoms with van der Waals surface area (Å²) in [5, 5.41) is 0.335. The first-order valence-electron chi connectivity index (χ1n) is 7.49. The van der Waals surface area contributed by atoms with Crippen molar-refractivity contribution in [3.8, 4) is 0 Å². The number of hydrogen-bond donors (Lipinski definition) is 0. The molecule has 0 saturated carbocycles. The maximum Gasteiger partial charge on any atom is 0.293 e. The van der Waals surface area contributed by atoms with Gasteiger partial charge in [0.25, 0.3) is 11.1 Å². The molecule has 2 aromatic rings. The van der Waals surface area contributed by atoms with E-state index in [1.807, 2.05) is 39.1 Å². The average Bonchev–Trinajstić information content (AvgIpc) is 2.93. The Balaban J connectivity index is 1.86. The van der Waals surface area contributed by atoms with Crippen molar-refractivity contribution in [3.63, 3.8) is 0 Å². The summed E-state index contributed by atoms with van der Waals surface area (Å²) in [4.78, 5) is 26.5. The van der Waals surface area contributed by atoms with Gasteiger partial charge in [0.05, 0.1) is 11.4 Å². The fourth-order valence-corrected chi connectivity index (χ4v) is 3.67. The van der Waals surface area contributed by atoms with Gasteiger partial charge in [0.2, 0.25) is 0 Å². The summed E-state index contributed by atoms with van der Waals surface area (Å²) < 4.78 is 2.06. The van der Waals surface area contributed by atoms with Gasteiger partial charge in [-0.3, -0.25) is 14.5 Å². The normalized spacial score (nSPS) is 16.5. The van der Waals surface area contributed by atoms with Crippen LogP contribution in [0.25, 0.3) is 6.08 Å². The Bertz CT molecular complexity index is 870. The van der Waals surface area contributed by atoms with Gasteiger partial charge in [0, 0.05) is 23.5 Å². The van der Waals surface area contributed by atoms with Gasteiger partial charge >= 0.3 is 0 Å². The molecule has 1 aliphatic heterocycles. The molecule has 1 aromatic heterocycles. The Morgan fingerprint density at radius 1 is 1.21 bits per heavy atom. The highest BCUT2D eigenvalue weighted by Gasteiger charge is 2.35. The second kappa shape index (κ2) is 6.49. The molecule has 3 rings (SSSR count). The molecule has 24 heavy (non-hydrogen) atoms. The van der Waals surface area contributed by atoms with E-state index in [4.69, 9.17) is 11.6 Å². The molecule has 1 fully saturated rings. The van der Waals surface area contributed by atoms with Crippen LogP contribution < -0.4 is 0 Å². The molecule has 0 radical (unpaired) electrons. The van der Waals surface area contributed by atoms with E-state index in [0.29, 0.717) is 9.93 Å². The number of halogens is 1. The van der Waals surface area contributed by atoms with E-state index in [1.54, 1.807) is 18.2 Å². The van der Waals surface area contributed by atoms with Gasteiger partial charge in [-0.2, -0.15) is 0 Å². The number of benzene rings is 1. The third-order valence-electron chi connectivity index (χ3n) is 4.20. The Morgan fingerprint density at radius 2 is 1.96 bits per heavy atom. The van der Waals surface area contributed by atoms with Gasteiger partial charge < -0.3 is 4.57 Å². The largest absolute Gasteiger partial charge is 0.352 e. The molecule has 1 saturated heterocycles. The van der Waals surface area contributed by atoms with Gasteiger partial charge in [-0.15, -0.1) is 0 Å². The monoisotopic (exact) mass is 360 g/mol. The lowest BCUT2D eigenvalue weighted by Crippen LogP contribution is -2.27. The number of hydrogen-bond acceptors (Lipinski definition) is 3. The minimum atomic E-state index is -0.258. The fraction of sp³-hybridized carbons (Fsp3) is 0.222. The first-order chi connectivity index (χ1) is 11.4. The molecule has 0 N–H and O–H groups in total.